The van der Waals surface area contributed by atoms with Crippen LogP contribution in [0.4, 0.5) is 22.7 Å². The number of nitriles is 2. The smallest absolute Gasteiger partial charge is 0.264 e. The van der Waals surface area contributed by atoms with E-state index in [0.717, 1.165) is 48.2 Å². The van der Waals surface area contributed by atoms with Crippen molar-refractivity contribution in [3.8, 4) is 12.1 Å². The van der Waals surface area contributed by atoms with Gasteiger partial charge in [-0.15, -0.1) is 0 Å². The van der Waals surface area contributed by atoms with Gasteiger partial charge >= 0.3 is 0 Å². The van der Waals surface area contributed by atoms with E-state index in [-0.39, 0.29) is 17.4 Å². The Morgan fingerprint density at radius 1 is 0.850 bits per heavy atom. The summed E-state index contributed by atoms with van der Waals surface area (Å²) in [7, 11) is -4.01. The fourth-order valence-corrected chi connectivity index (χ4v) is 5.99. The molecule has 2 aromatic carbocycles. The lowest BCUT2D eigenvalue weighted by Crippen LogP contribution is -2.42. The Bertz CT molecular complexity index is 1470. The molecular formula is C29H36N6O4S. The number of fused-ring (bicyclic) bond motifs is 2. The first-order valence-corrected chi connectivity index (χ1v) is 14.9. The summed E-state index contributed by atoms with van der Waals surface area (Å²) in [5.74, 6) is 0.760. The van der Waals surface area contributed by atoms with E-state index in [2.05, 4.69) is 64.7 Å². The van der Waals surface area contributed by atoms with Gasteiger partial charge in [-0.3, -0.25) is 4.55 Å². The maximum Gasteiger partial charge on any atom is 0.264 e. The van der Waals surface area contributed by atoms with Gasteiger partial charge in [0.2, 0.25) is 0 Å². The number of likely N-dealkylation sites (N-methyl/N-ethyl adjacent to an activating group) is 1. The molecule has 0 bridgehead atoms. The van der Waals surface area contributed by atoms with Gasteiger partial charge in [0, 0.05) is 26.2 Å². The number of benzene rings is 2. The highest BCUT2D eigenvalue weighted by Gasteiger charge is 2.34. The lowest BCUT2D eigenvalue weighted by molar-refractivity contribution is 0.480. The van der Waals surface area contributed by atoms with E-state index in [1.54, 1.807) is 0 Å². The van der Waals surface area contributed by atoms with E-state index < -0.39 is 10.1 Å². The van der Waals surface area contributed by atoms with Crippen molar-refractivity contribution in [2.45, 2.75) is 39.8 Å². The topological polar surface area (TPSA) is 146 Å². The average molecular weight is 565 g/mol. The minimum absolute atomic E-state index is 0. The number of allylic oxidation sites excluding steroid dienone is 2. The Morgan fingerprint density at radius 3 is 2.02 bits per heavy atom. The van der Waals surface area contributed by atoms with Crippen molar-refractivity contribution in [3.63, 3.8) is 0 Å². The van der Waals surface area contributed by atoms with Crippen molar-refractivity contribution in [2.75, 3.05) is 51.5 Å². The van der Waals surface area contributed by atoms with Crippen molar-refractivity contribution < 1.29 is 18.4 Å². The molecule has 2 heterocycles. The maximum absolute atomic E-state index is 11.2. The molecule has 10 nitrogen and oxygen atoms in total. The van der Waals surface area contributed by atoms with E-state index in [4.69, 9.17) is 4.55 Å². The van der Waals surface area contributed by atoms with Crippen molar-refractivity contribution in [3.05, 3.63) is 71.6 Å². The van der Waals surface area contributed by atoms with Gasteiger partial charge in [-0.25, -0.2) is 0 Å². The second kappa shape index (κ2) is 12.9. The molecule has 11 heteroatoms. The van der Waals surface area contributed by atoms with Crippen LogP contribution in [0.2, 0.25) is 0 Å². The van der Waals surface area contributed by atoms with Crippen LogP contribution in [0, 0.1) is 22.7 Å². The quantitative estimate of drug-likeness (QED) is 0.334. The van der Waals surface area contributed by atoms with E-state index in [9.17, 15) is 18.9 Å². The van der Waals surface area contributed by atoms with Crippen molar-refractivity contribution >= 4 is 32.9 Å². The Balaban J connectivity index is 0.00000441. The number of anilines is 4. The third kappa shape index (κ3) is 6.07. The summed E-state index contributed by atoms with van der Waals surface area (Å²) < 4.78 is 31.6. The normalized spacial score (nSPS) is 17.1. The molecule has 212 valence electrons. The fourth-order valence-electron chi connectivity index (χ4n) is 5.42. The minimum atomic E-state index is -4.01. The molecular weight excluding hydrogens is 528 g/mol. The highest BCUT2D eigenvalue weighted by atomic mass is 32.2. The van der Waals surface area contributed by atoms with E-state index in [1.165, 1.54) is 0 Å². The number of hydrogen-bond acceptors (Lipinski definition) is 8. The molecule has 0 saturated heterocycles. The van der Waals surface area contributed by atoms with E-state index in [1.807, 2.05) is 42.5 Å². The molecule has 0 aliphatic carbocycles. The number of unbranched alkanes of at least 4 members (excludes halogenated alkanes) is 1. The third-order valence-electron chi connectivity index (χ3n) is 7.15. The monoisotopic (exact) mass is 564 g/mol. The second-order valence-corrected chi connectivity index (χ2v) is 11.0. The van der Waals surface area contributed by atoms with Gasteiger partial charge in [-0.05, 0) is 82.2 Å². The average Bonchev–Trinajstić information content (AvgIpc) is 3.40. The molecule has 0 spiro atoms. The summed E-state index contributed by atoms with van der Waals surface area (Å²) >= 11 is 0. The van der Waals surface area contributed by atoms with Gasteiger partial charge in [0.25, 0.3) is 10.1 Å². The second-order valence-electron chi connectivity index (χ2n) is 9.42. The molecule has 4 rings (SSSR count). The highest BCUT2D eigenvalue weighted by molar-refractivity contribution is 7.85. The van der Waals surface area contributed by atoms with Gasteiger partial charge in [0.15, 0.2) is 0 Å². The molecule has 2 aromatic rings. The molecule has 0 saturated carbocycles. The van der Waals surface area contributed by atoms with E-state index >= 15 is 0 Å². The minimum Gasteiger partial charge on any atom is -0.412 e. The number of hydrogen-bond donors (Lipinski definition) is 1. The number of nitrogens with zero attached hydrogens (tertiary/aromatic N) is 6. The lowest BCUT2D eigenvalue weighted by atomic mass is 10.1. The SMILES string of the molecule is CCN1C(=CC=CC2N(CC)c3ccc(C#N)cc3N2CCCCS(=O)(=O)O)N(CC)c2cc(C#N)ccc21.O. The first-order chi connectivity index (χ1) is 18.8. The van der Waals surface area contributed by atoms with Gasteiger partial charge in [0.1, 0.15) is 12.0 Å². The van der Waals surface area contributed by atoms with Crippen LogP contribution < -0.4 is 19.6 Å². The van der Waals surface area contributed by atoms with Gasteiger partial charge in [-0.2, -0.15) is 18.9 Å². The van der Waals surface area contributed by atoms with Crippen LogP contribution in [0.1, 0.15) is 44.7 Å². The molecule has 0 fully saturated rings. The molecule has 40 heavy (non-hydrogen) atoms. The zero-order valence-electron chi connectivity index (χ0n) is 23.1. The van der Waals surface area contributed by atoms with Crippen LogP contribution >= 0.6 is 0 Å². The van der Waals surface area contributed by atoms with Gasteiger partial charge < -0.3 is 25.1 Å². The molecule has 2 aliphatic heterocycles. The van der Waals surface area contributed by atoms with Gasteiger partial charge in [0.05, 0.1) is 51.8 Å². The van der Waals surface area contributed by atoms with Crippen molar-refractivity contribution in [1.29, 1.82) is 10.5 Å². The third-order valence-corrected chi connectivity index (χ3v) is 7.96. The Labute approximate surface area is 236 Å². The Hall–Kier alpha value is -4.03. The summed E-state index contributed by atoms with van der Waals surface area (Å²) in [6.45, 7) is 9.13. The van der Waals surface area contributed by atoms with Crippen LogP contribution in [0.3, 0.4) is 0 Å². The van der Waals surface area contributed by atoms with Crippen LogP contribution in [0.15, 0.2) is 60.4 Å². The van der Waals surface area contributed by atoms with Crippen molar-refractivity contribution in [1.82, 2.24) is 0 Å². The summed E-state index contributed by atoms with van der Waals surface area (Å²) in [6, 6.07) is 15.9. The predicted octanol–water partition coefficient (Wildman–Crippen LogP) is 4.01. The molecule has 2 aliphatic rings. The zero-order chi connectivity index (χ0) is 28.2. The molecule has 0 aromatic heterocycles. The zero-order valence-corrected chi connectivity index (χ0v) is 23.9. The fraction of sp³-hybridized carbons (Fsp3) is 0.379. The van der Waals surface area contributed by atoms with E-state index in [0.29, 0.717) is 30.5 Å². The Kier molecular flexibility index (Phi) is 9.83. The summed E-state index contributed by atoms with van der Waals surface area (Å²) in [5, 5.41) is 18.9. The molecule has 0 amide bonds. The van der Waals surface area contributed by atoms with Crippen LogP contribution in [0.25, 0.3) is 0 Å². The standard InChI is InChI=1S/C29H34N6O3S.H2O/c1-4-32-24-14-12-22(20-30)18-26(24)34(6-3)28(32)10-9-11-29-33(5-2)25-15-13-23(21-31)19-27(25)35(29)16-7-8-17-39(36,37)38;/h9-15,18-19,29H,4-8,16-17H2,1-3H3,(H,36,37,38);1H2. The largest absolute Gasteiger partial charge is 0.412 e. The summed E-state index contributed by atoms with van der Waals surface area (Å²) in [5.41, 5.74) is 5.25. The lowest BCUT2D eigenvalue weighted by Gasteiger charge is -2.30. The van der Waals surface area contributed by atoms with Crippen LogP contribution in [0.5, 0.6) is 0 Å². The first-order valence-electron chi connectivity index (χ1n) is 13.3. The van der Waals surface area contributed by atoms with Crippen molar-refractivity contribution in [2.24, 2.45) is 0 Å². The molecule has 0 radical (unpaired) electrons. The summed E-state index contributed by atoms with van der Waals surface area (Å²) in [6.07, 6.45) is 7.05. The van der Waals surface area contributed by atoms with Gasteiger partial charge in [-0.1, -0.05) is 6.08 Å². The highest BCUT2D eigenvalue weighted by Crippen LogP contribution is 2.43. The number of rotatable bonds is 10. The van der Waals surface area contributed by atoms with Crippen LogP contribution in [-0.4, -0.2) is 56.5 Å². The summed E-state index contributed by atoms with van der Waals surface area (Å²) in [4.78, 5) is 8.89. The Morgan fingerprint density at radius 2 is 1.45 bits per heavy atom. The predicted molar refractivity (Wildman–Crippen MR) is 159 cm³/mol. The molecule has 1 atom stereocenters. The molecule has 1 unspecified atom stereocenters. The first kappa shape index (κ1) is 30.5. The molecule has 3 N–H and O–H groups in total. The maximum atomic E-state index is 11.2. The van der Waals surface area contributed by atoms with Crippen LogP contribution in [-0.2, 0) is 10.1 Å².